The summed E-state index contributed by atoms with van der Waals surface area (Å²) < 4.78 is 38.1. The standard InChI is InChI=1S/C16H16FNO4S/c1-2-8-23(21,22)16-7-6-14(17)11-13(16)9-12-4-3-5-15(10-12)18(19)20/h3-7,10-11H,2,8-9H2,1H3. The molecular formula is C16H16FNO4S. The van der Waals surface area contributed by atoms with Crippen LogP contribution in [0.3, 0.4) is 0 Å². The normalized spacial score (nSPS) is 11.4. The first-order valence-corrected chi connectivity index (χ1v) is 8.73. The number of hydrogen-bond acceptors (Lipinski definition) is 4. The molecule has 0 aliphatic carbocycles. The van der Waals surface area contributed by atoms with Gasteiger partial charge in [-0.3, -0.25) is 10.1 Å². The maximum atomic E-state index is 13.5. The largest absolute Gasteiger partial charge is 0.269 e. The van der Waals surface area contributed by atoms with E-state index in [2.05, 4.69) is 0 Å². The summed E-state index contributed by atoms with van der Waals surface area (Å²) in [4.78, 5) is 10.4. The van der Waals surface area contributed by atoms with Gasteiger partial charge in [0.1, 0.15) is 5.82 Å². The lowest BCUT2D eigenvalue weighted by Crippen LogP contribution is -2.10. The van der Waals surface area contributed by atoms with E-state index in [4.69, 9.17) is 0 Å². The van der Waals surface area contributed by atoms with Gasteiger partial charge in [0.05, 0.1) is 15.6 Å². The van der Waals surface area contributed by atoms with Gasteiger partial charge in [-0.1, -0.05) is 19.1 Å². The Morgan fingerprint density at radius 1 is 1.17 bits per heavy atom. The molecule has 0 bridgehead atoms. The fraction of sp³-hybridized carbons (Fsp3) is 0.250. The molecule has 5 nitrogen and oxygen atoms in total. The van der Waals surface area contributed by atoms with Gasteiger partial charge in [0, 0.05) is 12.1 Å². The van der Waals surface area contributed by atoms with Crippen molar-refractivity contribution in [2.24, 2.45) is 0 Å². The molecule has 0 fully saturated rings. The first-order chi connectivity index (χ1) is 10.8. The Hall–Kier alpha value is -2.28. The van der Waals surface area contributed by atoms with E-state index >= 15 is 0 Å². The highest BCUT2D eigenvalue weighted by atomic mass is 32.2. The minimum absolute atomic E-state index is 0.0272. The van der Waals surface area contributed by atoms with Crippen LogP contribution in [0.2, 0.25) is 0 Å². The molecule has 7 heteroatoms. The molecule has 122 valence electrons. The Morgan fingerprint density at radius 3 is 2.57 bits per heavy atom. The van der Waals surface area contributed by atoms with Gasteiger partial charge >= 0.3 is 0 Å². The van der Waals surface area contributed by atoms with Crippen LogP contribution in [0, 0.1) is 15.9 Å². The molecule has 2 rings (SSSR count). The molecule has 0 unspecified atom stereocenters. The number of sulfone groups is 1. The number of benzene rings is 2. The quantitative estimate of drug-likeness (QED) is 0.459. The van der Waals surface area contributed by atoms with E-state index in [-0.39, 0.29) is 22.8 Å². The van der Waals surface area contributed by atoms with Crippen molar-refractivity contribution in [3.63, 3.8) is 0 Å². The molecule has 0 saturated carbocycles. The molecule has 0 spiro atoms. The minimum Gasteiger partial charge on any atom is -0.258 e. The molecule has 2 aromatic rings. The molecule has 2 aromatic carbocycles. The third-order valence-corrected chi connectivity index (χ3v) is 5.36. The van der Waals surface area contributed by atoms with Gasteiger partial charge in [-0.15, -0.1) is 0 Å². The zero-order chi connectivity index (χ0) is 17.0. The maximum Gasteiger partial charge on any atom is 0.269 e. The lowest BCUT2D eigenvalue weighted by molar-refractivity contribution is -0.384. The highest BCUT2D eigenvalue weighted by molar-refractivity contribution is 7.91. The van der Waals surface area contributed by atoms with Crippen LogP contribution in [0.15, 0.2) is 47.4 Å². The van der Waals surface area contributed by atoms with Gasteiger partial charge in [0.15, 0.2) is 9.84 Å². The van der Waals surface area contributed by atoms with Crippen LogP contribution in [0.1, 0.15) is 24.5 Å². The lowest BCUT2D eigenvalue weighted by atomic mass is 10.0. The van der Waals surface area contributed by atoms with Crippen LogP contribution in [-0.4, -0.2) is 19.1 Å². The molecule has 0 aliphatic rings. The smallest absolute Gasteiger partial charge is 0.258 e. The van der Waals surface area contributed by atoms with Crippen molar-refractivity contribution in [3.05, 3.63) is 69.5 Å². The summed E-state index contributed by atoms with van der Waals surface area (Å²) in [7, 11) is -3.50. The van der Waals surface area contributed by atoms with Crippen molar-refractivity contribution in [1.29, 1.82) is 0 Å². The SMILES string of the molecule is CCCS(=O)(=O)c1ccc(F)cc1Cc1cccc([N+](=O)[O-])c1. The number of non-ortho nitro benzene ring substituents is 1. The average Bonchev–Trinajstić information content (AvgIpc) is 2.47. The molecule has 0 radical (unpaired) electrons. The van der Waals surface area contributed by atoms with Crippen LogP contribution in [-0.2, 0) is 16.3 Å². The molecule has 0 aliphatic heterocycles. The second kappa shape index (κ2) is 6.87. The summed E-state index contributed by atoms with van der Waals surface area (Å²) in [5.74, 6) is -0.568. The van der Waals surface area contributed by atoms with Gasteiger partial charge in [-0.2, -0.15) is 0 Å². The van der Waals surface area contributed by atoms with Crippen molar-refractivity contribution < 1.29 is 17.7 Å². The zero-order valence-electron chi connectivity index (χ0n) is 12.5. The van der Waals surface area contributed by atoms with E-state index in [1.807, 2.05) is 0 Å². The predicted octanol–water partition coefficient (Wildman–Crippen LogP) is 3.51. The van der Waals surface area contributed by atoms with E-state index in [1.54, 1.807) is 13.0 Å². The summed E-state index contributed by atoms with van der Waals surface area (Å²) in [5.41, 5.74) is 0.772. The van der Waals surface area contributed by atoms with Crippen molar-refractivity contribution >= 4 is 15.5 Å². The van der Waals surface area contributed by atoms with E-state index in [0.29, 0.717) is 17.5 Å². The molecule has 0 saturated heterocycles. The number of nitro groups is 1. The second-order valence-electron chi connectivity index (χ2n) is 5.17. The number of rotatable bonds is 6. The summed E-state index contributed by atoms with van der Waals surface area (Å²) in [6, 6.07) is 9.42. The molecule has 0 N–H and O–H groups in total. The fourth-order valence-corrected chi connectivity index (χ4v) is 3.93. The molecule has 0 atom stereocenters. The number of nitrogens with zero attached hydrogens (tertiary/aromatic N) is 1. The van der Waals surface area contributed by atoms with Gasteiger partial charge in [-0.25, -0.2) is 12.8 Å². The highest BCUT2D eigenvalue weighted by Crippen LogP contribution is 2.24. The van der Waals surface area contributed by atoms with Gasteiger partial charge in [0.2, 0.25) is 0 Å². The third-order valence-electron chi connectivity index (χ3n) is 3.35. The Bertz CT molecular complexity index is 834. The number of nitro benzene ring substituents is 1. The summed E-state index contributed by atoms with van der Waals surface area (Å²) in [6.45, 7) is 1.75. The summed E-state index contributed by atoms with van der Waals surface area (Å²) >= 11 is 0. The molecule has 0 aromatic heterocycles. The number of hydrogen-bond donors (Lipinski definition) is 0. The first kappa shape index (κ1) is 17.1. The average molecular weight is 337 g/mol. The fourth-order valence-electron chi connectivity index (χ4n) is 2.37. The Kier molecular flexibility index (Phi) is 5.10. The van der Waals surface area contributed by atoms with Crippen molar-refractivity contribution in [2.75, 3.05) is 5.75 Å². The van der Waals surface area contributed by atoms with Crippen molar-refractivity contribution in [3.8, 4) is 0 Å². The third kappa shape index (κ3) is 4.13. The second-order valence-corrected chi connectivity index (χ2v) is 7.25. The Balaban J connectivity index is 2.45. The zero-order valence-corrected chi connectivity index (χ0v) is 13.3. The van der Waals surface area contributed by atoms with Crippen LogP contribution < -0.4 is 0 Å². The summed E-state index contributed by atoms with van der Waals surface area (Å²) in [6.07, 6.45) is 0.563. The highest BCUT2D eigenvalue weighted by Gasteiger charge is 2.19. The van der Waals surface area contributed by atoms with E-state index in [1.165, 1.54) is 30.3 Å². The monoisotopic (exact) mass is 337 g/mol. The molecule has 0 heterocycles. The first-order valence-electron chi connectivity index (χ1n) is 7.08. The lowest BCUT2D eigenvalue weighted by Gasteiger charge is -2.10. The Labute approximate surface area is 133 Å². The van der Waals surface area contributed by atoms with E-state index < -0.39 is 20.6 Å². The van der Waals surface area contributed by atoms with Crippen LogP contribution in [0.5, 0.6) is 0 Å². The molecule has 23 heavy (non-hydrogen) atoms. The maximum absolute atomic E-state index is 13.5. The predicted molar refractivity (Wildman–Crippen MR) is 84.6 cm³/mol. The molecule has 0 amide bonds. The van der Waals surface area contributed by atoms with Crippen LogP contribution in [0.4, 0.5) is 10.1 Å². The number of halogens is 1. The van der Waals surface area contributed by atoms with Gasteiger partial charge < -0.3 is 0 Å². The van der Waals surface area contributed by atoms with Crippen molar-refractivity contribution in [1.82, 2.24) is 0 Å². The van der Waals surface area contributed by atoms with Crippen LogP contribution >= 0.6 is 0 Å². The van der Waals surface area contributed by atoms with Gasteiger partial charge in [0.25, 0.3) is 5.69 Å². The molecular weight excluding hydrogens is 321 g/mol. The summed E-state index contributed by atoms with van der Waals surface area (Å²) in [5, 5.41) is 10.8. The topological polar surface area (TPSA) is 77.3 Å². The van der Waals surface area contributed by atoms with Crippen molar-refractivity contribution in [2.45, 2.75) is 24.7 Å². The van der Waals surface area contributed by atoms with Crippen LogP contribution in [0.25, 0.3) is 0 Å². The van der Waals surface area contributed by atoms with E-state index in [0.717, 1.165) is 6.07 Å². The Morgan fingerprint density at radius 2 is 1.91 bits per heavy atom. The minimum atomic E-state index is -3.50. The van der Waals surface area contributed by atoms with E-state index in [9.17, 15) is 22.9 Å². The van der Waals surface area contributed by atoms with Gasteiger partial charge in [-0.05, 0) is 42.2 Å².